The normalized spacial score (nSPS) is 10.8. The van der Waals surface area contributed by atoms with Gasteiger partial charge in [-0.25, -0.2) is 4.98 Å². The molecular weight excluding hydrogens is 302 g/mol. The highest BCUT2D eigenvalue weighted by Crippen LogP contribution is 2.32. The summed E-state index contributed by atoms with van der Waals surface area (Å²) >= 11 is 3.63. The lowest BCUT2D eigenvalue weighted by Crippen LogP contribution is -1.87. The van der Waals surface area contributed by atoms with Gasteiger partial charge in [0, 0.05) is 4.47 Å². The Hall–Kier alpha value is -1.87. The summed E-state index contributed by atoms with van der Waals surface area (Å²) in [6.45, 7) is 3.77. The first kappa shape index (κ1) is 12.2. The number of hydrogen-bond donors (Lipinski definition) is 0. The van der Waals surface area contributed by atoms with Gasteiger partial charge in [-0.2, -0.15) is 0 Å². The van der Waals surface area contributed by atoms with Gasteiger partial charge >= 0.3 is 0 Å². The van der Waals surface area contributed by atoms with Crippen LogP contribution in [0.5, 0.6) is 0 Å². The van der Waals surface area contributed by atoms with E-state index in [0.717, 1.165) is 27.6 Å². The Kier molecular flexibility index (Phi) is 3.22. The molecule has 19 heavy (non-hydrogen) atoms. The first-order valence-corrected chi connectivity index (χ1v) is 6.83. The molecule has 94 valence electrons. The topological polar surface area (TPSA) is 26.0 Å². The fourth-order valence-electron chi connectivity index (χ4n) is 2.05. The summed E-state index contributed by atoms with van der Waals surface area (Å²) in [4.78, 5) is 4.52. The monoisotopic (exact) mass is 313 g/mol. The van der Waals surface area contributed by atoms with Crippen LogP contribution in [0, 0.1) is 0 Å². The van der Waals surface area contributed by atoms with Crippen LogP contribution in [0.1, 0.15) is 5.56 Å². The van der Waals surface area contributed by atoms with Gasteiger partial charge in [0.2, 0.25) is 5.89 Å². The summed E-state index contributed by atoms with van der Waals surface area (Å²) in [6, 6.07) is 13.8. The molecule has 0 N–H and O–H groups in total. The van der Waals surface area contributed by atoms with Crippen LogP contribution in [0.25, 0.3) is 22.6 Å². The first-order valence-electron chi connectivity index (χ1n) is 6.04. The summed E-state index contributed by atoms with van der Waals surface area (Å²) in [5.74, 6) is 0.638. The zero-order valence-electron chi connectivity index (χ0n) is 10.3. The van der Waals surface area contributed by atoms with E-state index in [1.165, 1.54) is 5.56 Å². The van der Waals surface area contributed by atoms with Crippen molar-refractivity contribution in [2.45, 2.75) is 6.42 Å². The predicted molar refractivity (Wildman–Crippen MR) is 81.0 cm³/mol. The van der Waals surface area contributed by atoms with Crippen LogP contribution in [-0.4, -0.2) is 4.98 Å². The highest BCUT2D eigenvalue weighted by atomic mass is 79.9. The molecule has 0 aliphatic heterocycles. The van der Waals surface area contributed by atoms with Gasteiger partial charge in [-0.3, -0.25) is 0 Å². The average Bonchev–Trinajstić information content (AvgIpc) is 2.85. The second-order valence-corrected chi connectivity index (χ2v) is 5.05. The van der Waals surface area contributed by atoms with Gasteiger partial charge in [0.05, 0.1) is 5.56 Å². The number of allylic oxidation sites excluding steroid dienone is 1. The van der Waals surface area contributed by atoms with Crippen LogP contribution in [0.3, 0.4) is 0 Å². The van der Waals surface area contributed by atoms with Crippen molar-refractivity contribution in [3.8, 4) is 11.5 Å². The maximum absolute atomic E-state index is 5.80. The highest BCUT2D eigenvalue weighted by Gasteiger charge is 2.12. The molecule has 0 saturated heterocycles. The number of halogens is 1. The molecule has 2 nitrogen and oxygen atoms in total. The lowest BCUT2D eigenvalue weighted by molar-refractivity contribution is 0.619. The van der Waals surface area contributed by atoms with Crippen molar-refractivity contribution in [1.82, 2.24) is 4.98 Å². The molecule has 0 fully saturated rings. The summed E-state index contributed by atoms with van der Waals surface area (Å²) in [7, 11) is 0. The summed E-state index contributed by atoms with van der Waals surface area (Å²) in [5.41, 5.74) is 3.82. The third kappa shape index (κ3) is 2.22. The first-order chi connectivity index (χ1) is 9.29. The summed E-state index contributed by atoms with van der Waals surface area (Å²) in [5, 5.41) is 0. The van der Waals surface area contributed by atoms with Crippen molar-refractivity contribution in [2.75, 3.05) is 0 Å². The van der Waals surface area contributed by atoms with Gasteiger partial charge in [-0.15, -0.1) is 6.58 Å². The Morgan fingerprint density at radius 2 is 2.00 bits per heavy atom. The Morgan fingerprint density at radius 3 is 2.79 bits per heavy atom. The lowest BCUT2D eigenvalue weighted by Gasteiger charge is -2.05. The van der Waals surface area contributed by atoms with E-state index in [0.29, 0.717) is 5.89 Å². The number of oxazole rings is 1. The minimum atomic E-state index is 0.638. The molecule has 0 saturated carbocycles. The standard InChI is InChI=1S/C16H12BrNO/c1-2-6-11-7-5-8-12(15(11)17)16-18-13-9-3-4-10-14(13)19-16/h2-5,7-10H,1,6H2. The molecule has 1 heterocycles. The quantitative estimate of drug-likeness (QED) is 0.637. The zero-order valence-corrected chi connectivity index (χ0v) is 11.9. The van der Waals surface area contributed by atoms with E-state index < -0.39 is 0 Å². The molecule has 0 amide bonds. The van der Waals surface area contributed by atoms with Crippen molar-refractivity contribution in [3.63, 3.8) is 0 Å². The van der Waals surface area contributed by atoms with Crippen LogP contribution in [0.2, 0.25) is 0 Å². The van der Waals surface area contributed by atoms with Crippen LogP contribution in [0.15, 0.2) is 64.0 Å². The molecule has 3 rings (SSSR count). The van der Waals surface area contributed by atoms with Crippen molar-refractivity contribution in [1.29, 1.82) is 0 Å². The molecule has 3 aromatic rings. The van der Waals surface area contributed by atoms with E-state index >= 15 is 0 Å². The maximum Gasteiger partial charge on any atom is 0.228 e. The number of nitrogens with zero attached hydrogens (tertiary/aromatic N) is 1. The number of hydrogen-bond acceptors (Lipinski definition) is 2. The molecular formula is C16H12BrNO. The van der Waals surface area contributed by atoms with E-state index in [9.17, 15) is 0 Å². The van der Waals surface area contributed by atoms with Crippen LogP contribution < -0.4 is 0 Å². The number of fused-ring (bicyclic) bond motifs is 1. The fourth-order valence-corrected chi connectivity index (χ4v) is 2.64. The van der Waals surface area contributed by atoms with Gasteiger partial charge < -0.3 is 4.42 Å². The number of aromatic nitrogens is 1. The SMILES string of the molecule is C=CCc1cccc(-c2nc3ccccc3o2)c1Br. The minimum absolute atomic E-state index is 0.638. The smallest absolute Gasteiger partial charge is 0.228 e. The van der Waals surface area contributed by atoms with Gasteiger partial charge in [0.1, 0.15) is 5.52 Å². The summed E-state index contributed by atoms with van der Waals surface area (Å²) in [6.07, 6.45) is 2.70. The van der Waals surface area contributed by atoms with Crippen molar-refractivity contribution in [3.05, 3.63) is 65.2 Å². The van der Waals surface area contributed by atoms with Gasteiger partial charge in [-0.1, -0.05) is 30.3 Å². The molecule has 0 bridgehead atoms. The third-order valence-electron chi connectivity index (χ3n) is 2.97. The predicted octanol–water partition coefficient (Wildman–Crippen LogP) is 4.99. The second kappa shape index (κ2) is 5.02. The molecule has 0 aliphatic carbocycles. The lowest BCUT2D eigenvalue weighted by atomic mass is 10.1. The van der Waals surface area contributed by atoms with Crippen LogP contribution in [0.4, 0.5) is 0 Å². The average molecular weight is 314 g/mol. The van der Waals surface area contributed by atoms with Crippen LogP contribution in [-0.2, 0) is 6.42 Å². The highest BCUT2D eigenvalue weighted by molar-refractivity contribution is 9.10. The van der Waals surface area contributed by atoms with E-state index in [4.69, 9.17) is 4.42 Å². The Morgan fingerprint density at radius 1 is 1.16 bits per heavy atom. The second-order valence-electron chi connectivity index (χ2n) is 4.26. The summed E-state index contributed by atoms with van der Waals surface area (Å²) < 4.78 is 6.82. The largest absolute Gasteiger partial charge is 0.436 e. The van der Waals surface area contributed by atoms with Crippen molar-refractivity contribution >= 4 is 27.0 Å². The van der Waals surface area contributed by atoms with E-state index in [-0.39, 0.29) is 0 Å². The molecule has 0 unspecified atom stereocenters. The number of benzene rings is 2. The Bertz CT molecular complexity index is 712. The van der Waals surface area contributed by atoms with Crippen LogP contribution >= 0.6 is 15.9 Å². The van der Waals surface area contributed by atoms with Gasteiger partial charge in [0.15, 0.2) is 5.58 Å². The zero-order chi connectivity index (χ0) is 13.2. The Balaban J connectivity index is 2.15. The molecule has 0 radical (unpaired) electrons. The van der Waals surface area contributed by atoms with E-state index in [1.54, 1.807) is 0 Å². The Labute approximate surface area is 119 Å². The molecule has 0 atom stereocenters. The molecule has 2 aromatic carbocycles. The van der Waals surface area contributed by atoms with Gasteiger partial charge in [-0.05, 0) is 46.1 Å². The fraction of sp³-hybridized carbons (Fsp3) is 0.0625. The van der Waals surface area contributed by atoms with E-state index in [1.807, 2.05) is 42.5 Å². The molecule has 0 spiro atoms. The number of para-hydroxylation sites is 2. The van der Waals surface area contributed by atoms with Gasteiger partial charge in [0.25, 0.3) is 0 Å². The van der Waals surface area contributed by atoms with Crippen molar-refractivity contribution < 1.29 is 4.42 Å². The minimum Gasteiger partial charge on any atom is -0.436 e. The third-order valence-corrected chi connectivity index (χ3v) is 3.90. The molecule has 3 heteroatoms. The number of rotatable bonds is 3. The maximum atomic E-state index is 5.80. The van der Waals surface area contributed by atoms with Crippen molar-refractivity contribution in [2.24, 2.45) is 0 Å². The van der Waals surface area contributed by atoms with E-state index in [2.05, 4.69) is 33.6 Å². The molecule has 0 aliphatic rings. The molecule has 1 aromatic heterocycles.